The number of carbonyl (C=O) groups excluding carboxylic acids is 2. The first kappa shape index (κ1) is 21.7. The summed E-state index contributed by atoms with van der Waals surface area (Å²) in [6, 6.07) is 8.41. The van der Waals surface area contributed by atoms with Crippen LogP contribution in [0.25, 0.3) is 0 Å². The van der Waals surface area contributed by atoms with E-state index in [0.717, 1.165) is 12.2 Å². The van der Waals surface area contributed by atoms with Crippen LogP contribution in [0.2, 0.25) is 0 Å². The molecule has 0 radical (unpaired) electrons. The van der Waals surface area contributed by atoms with Gasteiger partial charge in [-0.1, -0.05) is 38.5 Å². The van der Waals surface area contributed by atoms with Crippen molar-refractivity contribution in [2.45, 2.75) is 45.6 Å². The molecule has 0 bridgehead atoms. The number of rotatable bonds is 9. The zero-order valence-electron chi connectivity index (χ0n) is 16.6. The molecule has 154 valence electrons. The van der Waals surface area contributed by atoms with E-state index in [-0.39, 0.29) is 36.7 Å². The van der Waals surface area contributed by atoms with E-state index in [1.54, 1.807) is 4.90 Å². The molecule has 3 atom stereocenters. The first-order chi connectivity index (χ1) is 13.4. The molecule has 2 amide bonds. The van der Waals surface area contributed by atoms with E-state index in [4.69, 9.17) is 4.74 Å². The second-order valence-corrected chi connectivity index (χ2v) is 7.30. The highest BCUT2D eigenvalue weighted by Crippen LogP contribution is 2.19. The molecule has 1 aliphatic heterocycles. The Hall–Kier alpha value is -2.57. The van der Waals surface area contributed by atoms with Crippen LogP contribution in [0.1, 0.15) is 39.5 Å². The number of aliphatic carboxylic acids is 1. The molecule has 2 N–H and O–H groups in total. The van der Waals surface area contributed by atoms with Gasteiger partial charge >= 0.3 is 5.97 Å². The van der Waals surface area contributed by atoms with Crippen molar-refractivity contribution in [3.8, 4) is 5.75 Å². The van der Waals surface area contributed by atoms with Gasteiger partial charge in [-0.3, -0.25) is 9.59 Å². The molecule has 0 aromatic heterocycles. The Morgan fingerprint density at radius 2 is 2.00 bits per heavy atom. The van der Waals surface area contributed by atoms with E-state index >= 15 is 0 Å². The molecule has 0 spiro atoms. The zero-order chi connectivity index (χ0) is 20.5. The van der Waals surface area contributed by atoms with Crippen LogP contribution in [0.15, 0.2) is 30.3 Å². The van der Waals surface area contributed by atoms with Crippen LogP contribution in [0.5, 0.6) is 5.75 Å². The van der Waals surface area contributed by atoms with Crippen LogP contribution in [0, 0.1) is 11.8 Å². The normalized spacial score (nSPS) is 18.8. The summed E-state index contributed by atoms with van der Waals surface area (Å²) in [5.41, 5.74) is 0. The third-order valence-electron chi connectivity index (χ3n) is 5.25. The first-order valence-corrected chi connectivity index (χ1v) is 9.91. The monoisotopic (exact) mass is 390 g/mol. The van der Waals surface area contributed by atoms with Gasteiger partial charge in [0, 0.05) is 13.1 Å². The number of nitrogens with one attached hydrogen (secondary N) is 1. The number of para-hydroxylation sites is 1. The van der Waals surface area contributed by atoms with E-state index in [9.17, 15) is 19.5 Å². The average molecular weight is 390 g/mol. The highest BCUT2D eigenvalue weighted by molar-refractivity contribution is 5.86. The standard InChI is InChI=1S/C21H30N2O5/c1-3-15(2)19(21(26)27)22-20(25)16-8-7-12-23(14-16)18(24)11-13-28-17-9-5-4-6-10-17/h4-6,9-10,15-16,19H,3,7-8,11-14H2,1-2H3,(H,22,25)(H,26,27). The van der Waals surface area contributed by atoms with E-state index in [0.29, 0.717) is 25.9 Å². The van der Waals surface area contributed by atoms with Gasteiger partial charge in [-0.15, -0.1) is 0 Å². The molecule has 1 saturated heterocycles. The van der Waals surface area contributed by atoms with Crippen molar-refractivity contribution in [1.29, 1.82) is 0 Å². The summed E-state index contributed by atoms with van der Waals surface area (Å²) >= 11 is 0. The van der Waals surface area contributed by atoms with E-state index in [1.165, 1.54) is 0 Å². The smallest absolute Gasteiger partial charge is 0.326 e. The highest BCUT2D eigenvalue weighted by atomic mass is 16.5. The summed E-state index contributed by atoms with van der Waals surface area (Å²) < 4.78 is 5.57. The predicted octanol–water partition coefficient (Wildman–Crippen LogP) is 2.31. The van der Waals surface area contributed by atoms with E-state index in [2.05, 4.69) is 5.32 Å². The Labute approximate surface area is 166 Å². The molecule has 7 heteroatoms. The van der Waals surface area contributed by atoms with E-state index in [1.807, 2.05) is 44.2 Å². The molecule has 1 aliphatic rings. The van der Waals surface area contributed by atoms with Crippen LogP contribution in [0.3, 0.4) is 0 Å². The number of ether oxygens (including phenoxy) is 1. The number of carboxylic acids is 1. The van der Waals surface area contributed by atoms with Gasteiger partial charge in [0.25, 0.3) is 0 Å². The number of nitrogens with zero attached hydrogens (tertiary/aromatic N) is 1. The SMILES string of the molecule is CCC(C)C(NC(=O)C1CCCN(C(=O)CCOc2ccccc2)C1)C(=O)O. The Morgan fingerprint density at radius 1 is 1.29 bits per heavy atom. The fourth-order valence-corrected chi connectivity index (χ4v) is 3.30. The van der Waals surface area contributed by atoms with Gasteiger partial charge in [0.2, 0.25) is 11.8 Å². The number of amides is 2. The third kappa shape index (κ3) is 6.25. The fourth-order valence-electron chi connectivity index (χ4n) is 3.30. The number of hydrogen-bond acceptors (Lipinski definition) is 4. The van der Waals surface area contributed by atoms with Gasteiger partial charge in [0.15, 0.2) is 0 Å². The van der Waals surface area contributed by atoms with Crippen molar-refractivity contribution in [3.63, 3.8) is 0 Å². The lowest BCUT2D eigenvalue weighted by Crippen LogP contribution is -2.51. The topological polar surface area (TPSA) is 95.9 Å². The van der Waals surface area contributed by atoms with Crippen LogP contribution < -0.4 is 10.1 Å². The number of carbonyl (C=O) groups is 3. The van der Waals surface area contributed by atoms with Gasteiger partial charge in [0.1, 0.15) is 11.8 Å². The van der Waals surface area contributed by atoms with Crippen molar-refractivity contribution < 1.29 is 24.2 Å². The molecule has 7 nitrogen and oxygen atoms in total. The molecule has 1 fully saturated rings. The lowest BCUT2D eigenvalue weighted by molar-refractivity contribution is -0.145. The first-order valence-electron chi connectivity index (χ1n) is 9.91. The van der Waals surface area contributed by atoms with Crippen molar-refractivity contribution >= 4 is 17.8 Å². The van der Waals surface area contributed by atoms with Crippen LogP contribution in [0.4, 0.5) is 0 Å². The summed E-state index contributed by atoms with van der Waals surface area (Å²) in [7, 11) is 0. The van der Waals surface area contributed by atoms with Crippen LogP contribution in [-0.2, 0) is 14.4 Å². The second kappa shape index (κ2) is 10.7. The van der Waals surface area contributed by atoms with Crippen LogP contribution >= 0.6 is 0 Å². The lowest BCUT2D eigenvalue weighted by atomic mass is 9.94. The minimum Gasteiger partial charge on any atom is -0.493 e. The average Bonchev–Trinajstić information content (AvgIpc) is 2.71. The maximum absolute atomic E-state index is 12.6. The summed E-state index contributed by atoms with van der Waals surface area (Å²) in [6.45, 7) is 4.92. The fraction of sp³-hybridized carbons (Fsp3) is 0.571. The van der Waals surface area contributed by atoms with Crippen molar-refractivity contribution in [2.24, 2.45) is 11.8 Å². The molecule has 2 rings (SSSR count). The summed E-state index contributed by atoms with van der Waals surface area (Å²) in [5, 5.41) is 12.0. The second-order valence-electron chi connectivity index (χ2n) is 7.30. The van der Waals surface area contributed by atoms with Crippen molar-refractivity contribution in [3.05, 3.63) is 30.3 Å². The summed E-state index contributed by atoms with van der Waals surface area (Å²) in [4.78, 5) is 38.1. The Bertz CT molecular complexity index is 664. The summed E-state index contributed by atoms with van der Waals surface area (Å²) in [5.74, 6) is -1.17. The molecule has 1 aromatic rings. The Morgan fingerprint density at radius 3 is 2.64 bits per heavy atom. The zero-order valence-corrected chi connectivity index (χ0v) is 16.6. The summed E-state index contributed by atoms with van der Waals surface area (Å²) in [6.07, 6.45) is 2.29. The molecular formula is C21H30N2O5. The van der Waals surface area contributed by atoms with Crippen molar-refractivity contribution in [2.75, 3.05) is 19.7 Å². The Kier molecular flexibility index (Phi) is 8.29. The third-order valence-corrected chi connectivity index (χ3v) is 5.25. The van der Waals surface area contributed by atoms with Crippen LogP contribution in [-0.4, -0.2) is 53.5 Å². The molecule has 1 aromatic carbocycles. The van der Waals surface area contributed by atoms with Gasteiger partial charge in [-0.05, 0) is 30.9 Å². The van der Waals surface area contributed by atoms with Gasteiger partial charge in [-0.2, -0.15) is 0 Å². The van der Waals surface area contributed by atoms with Gasteiger partial charge < -0.3 is 20.1 Å². The maximum atomic E-state index is 12.6. The predicted molar refractivity (Wildman–Crippen MR) is 105 cm³/mol. The number of benzene rings is 1. The molecule has 0 saturated carbocycles. The molecule has 28 heavy (non-hydrogen) atoms. The lowest BCUT2D eigenvalue weighted by Gasteiger charge is -2.33. The van der Waals surface area contributed by atoms with Gasteiger partial charge in [-0.25, -0.2) is 4.79 Å². The molecule has 1 heterocycles. The number of likely N-dealkylation sites (tertiary alicyclic amines) is 1. The minimum absolute atomic E-state index is 0.0508. The maximum Gasteiger partial charge on any atom is 0.326 e. The molecule has 0 aliphatic carbocycles. The number of piperidine rings is 1. The minimum atomic E-state index is -1.02. The van der Waals surface area contributed by atoms with Crippen molar-refractivity contribution in [1.82, 2.24) is 10.2 Å². The quantitative estimate of drug-likeness (QED) is 0.675. The van der Waals surface area contributed by atoms with Gasteiger partial charge in [0.05, 0.1) is 18.9 Å². The molecule has 3 unspecified atom stereocenters. The highest BCUT2D eigenvalue weighted by Gasteiger charge is 2.32. The number of hydrogen-bond donors (Lipinski definition) is 2. The Balaban J connectivity index is 1.83. The van der Waals surface area contributed by atoms with E-state index < -0.39 is 12.0 Å². The number of carboxylic acid groups (broad SMARTS) is 1. The largest absolute Gasteiger partial charge is 0.493 e. The molecular weight excluding hydrogens is 360 g/mol.